The Labute approximate surface area is 226 Å². The van der Waals surface area contributed by atoms with Gasteiger partial charge in [-0.05, 0) is 66.9 Å². The van der Waals surface area contributed by atoms with E-state index in [2.05, 4.69) is 25.9 Å². The van der Waals surface area contributed by atoms with Crippen molar-refractivity contribution in [1.82, 2.24) is 9.97 Å². The molecular formula is C24H34IN3O5S2. The number of carbonyl (C=O) groups is 1. The maximum atomic E-state index is 12.3. The van der Waals surface area contributed by atoms with Crippen LogP contribution in [0, 0.1) is 11.2 Å². The lowest BCUT2D eigenvalue weighted by Crippen LogP contribution is -2.34. The van der Waals surface area contributed by atoms with Crippen molar-refractivity contribution in [1.29, 1.82) is 0 Å². The van der Waals surface area contributed by atoms with Crippen LogP contribution in [0.4, 0.5) is 5.82 Å². The lowest BCUT2D eigenvalue weighted by Gasteiger charge is -2.26. The maximum Gasteiger partial charge on any atom is 0.239 e. The van der Waals surface area contributed by atoms with Crippen molar-refractivity contribution in [2.24, 2.45) is 0 Å². The number of hydrogen-bond acceptors (Lipinski definition) is 8. The Morgan fingerprint density at radius 1 is 1.14 bits per heavy atom. The van der Waals surface area contributed by atoms with Gasteiger partial charge in [0.1, 0.15) is 0 Å². The first-order valence-electron chi connectivity index (χ1n) is 10.7. The van der Waals surface area contributed by atoms with Gasteiger partial charge >= 0.3 is 0 Å². The van der Waals surface area contributed by atoms with Gasteiger partial charge in [-0.15, -0.1) is 0 Å². The SMILES string of the molecule is CC.CC(C)S(=O)(=O)c1ccc(-c2cnc(N(C=O)OC(C)(C)C)c(C#CSI)n2)cc1.COC. The topological polar surface area (TPSA) is 98.7 Å². The van der Waals surface area contributed by atoms with E-state index in [0.29, 0.717) is 17.7 Å². The fourth-order valence-electron chi connectivity index (χ4n) is 2.33. The Hall–Kier alpha value is -1.72. The van der Waals surface area contributed by atoms with Gasteiger partial charge in [0.05, 0.1) is 27.6 Å². The number of amides is 1. The summed E-state index contributed by atoms with van der Waals surface area (Å²) < 4.78 is 28.9. The van der Waals surface area contributed by atoms with Crippen molar-refractivity contribution in [3.8, 4) is 22.4 Å². The standard InChI is InChI=1S/C20H22IN3O4S2.C2H6O.C2H6/c1-14(2)30(26,27)16-8-6-15(7-9-16)18-12-22-19(17(23-18)10-11-29-21)24(13-25)28-20(3,4)5;1-3-2;1-2/h6-9,12-14H,1-5H3;1-2H3;1-2H3. The van der Waals surface area contributed by atoms with E-state index in [-0.39, 0.29) is 16.4 Å². The summed E-state index contributed by atoms with van der Waals surface area (Å²) in [5.41, 5.74) is 0.821. The molecule has 0 bridgehead atoms. The van der Waals surface area contributed by atoms with E-state index in [1.54, 1.807) is 52.3 Å². The molecule has 0 aliphatic carbocycles. The highest BCUT2D eigenvalue weighted by atomic mass is 127. The minimum Gasteiger partial charge on any atom is -0.388 e. The van der Waals surface area contributed by atoms with Crippen LogP contribution >= 0.6 is 30.1 Å². The molecule has 0 fully saturated rings. The average molecular weight is 636 g/mol. The van der Waals surface area contributed by atoms with Crippen molar-refractivity contribution < 1.29 is 22.8 Å². The molecule has 1 aromatic carbocycles. The number of hydroxylamine groups is 1. The smallest absolute Gasteiger partial charge is 0.239 e. The molecule has 1 amide bonds. The average Bonchev–Trinajstić information content (AvgIpc) is 2.82. The molecule has 0 saturated heterocycles. The molecule has 8 nitrogen and oxygen atoms in total. The minimum absolute atomic E-state index is 0.181. The molecule has 2 rings (SSSR count). The number of rotatable bonds is 6. The van der Waals surface area contributed by atoms with Crippen LogP contribution in [-0.4, -0.2) is 49.9 Å². The Balaban J connectivity index is 0.00000214. The first-order valence-corrected chi connectivity index (χ1v) is 15.7. The zero-order valence-electron chi connectivity index (χ0n) is 21.6. The van der Waals surface area contributed by atoms with Crippen LogP contribution in [0.25, 0.3) is 11.3 Å². The van der Waals surface area contributed by atoms with Gasteiger partial charge in [0.25, 0.3) is 0 Å². The second-order valence-corrected chi connectivity index (χ2v) is 12.1. The van der Waals surface area contributed by atoms with E-state index in [0.717, 1.165) is 5.06 Å². The molecule has 35 heavy (non-hydrogen) atoms. The van der Waals surface area contributed by atoms with Crippen molar-refractivity contribution in [3.63, 3.8) is 0 Å². The van der Waals surface area contributed by atoms with Crippen LogP contribution in [0.5, 0.6) is 0 Å². The van der Waals surface area contributed by atoms with Crippen LogP contribution in [0.15, 0.2) is 35.4 Å². The van der Waals surface area contributed by atoms with Crippen LogP contribution < -0.4 is 5.06 Å². The summed E-state index contributed by atoms with van der Waals surface area (Å²) in [5, 5.41) is 3.34. The summed E-state index contributed by atoms with van der Waals surface area (Å²) in [7, 11) is 1.16. The number of benzene rings is 1. The van der Waals surface area contributed by atoms with Gasteiger partial charge in [0.15, 0.2) is 21.3 Å². The number of carbonyl (C=O) groups excluding carboxylic acids is 1. The fraction of sp³-hybridized carbons (Fsp3) is 0.458. The van der Waals surface area contributed by atoms with E-state index in [9.17, 15) is 13.2 Å². The third-order valence-corrected chi connectivity index (χ3v) is 6.75. The van der Waals surface area contributed by atoms with Crippen LogP contribution in [-0.2, 0) is 24.2 Å². The number of halogens is 1. The molecule has 0 radical (unpaired) electrons. The Morgan fingerprint density at radius 3 is 2.11 bits per heavy atom. The van der Waals surface area contributed by atoms with E-state index in [1.807, 2.05) is 55.8 Å². The summed E-state index contributed by atoms with van der Waals surface area (Å²) >= 11 is 2.03. The third-order valence-electron chi connectivity index (χ3n) is 3.74. The molecule has 0 unspecified atom stereocenters. The maximum absolute atomic E-state index is 12.3. The van der Waals surface area contributed by atoms with E-state index in [1.165, 1.54) is 15.1 Å². The highest BCUT2D eigenvalue weighted by Gasteiger charge is 2.22. The van der Waals surface area contributed by atoms with Crippen molar-refractivity contribution in [3.05, 3.63) is 36.2 Å². The lowest BCUT2D eigenvalue weighted by atomic mass is 10.1. The number of methoxy groups -OCH3 is 1. The van der Waals surface area contributed by atoms with E-state index in [4.69, 9.17) is 4.84 Å². The number of hydrogen-bond donors (Lipinski definition) is 0. The van der Waals surface area contributed by atoms with Crippen LogP contribution in [0.2, 0.25) is 0 Å². The van der Waals surface area contributed by atoms with Crippen molar-refractivity contribution >= 4 is 52.2 Å². The Bertz CT molecular complexity index is 1090. The predicted octanol–water partition coefficient (Wildman–Crippen LogP) is 5.70. The monoisotopic (exact) mass is 635 g/mol. The second kappa shape index (κ2) is 16.1. The van der Waals surface area contributed by atoms with Crippen molar-refractivity contribution in [2.45, 2.75) is 64.2 Å². The predicted molar refractivity (Wildman–Crippen MR) is 152 cm³/mol. The lowest BCUT2D eigenvalue weighted by molar-refractivity contribution is -0.120. The van der Waals surface area contributed by atoms with E-state index >= 15 is 0 Å². The molecule has 0 aliphatic rings. The third kappa shape index (κ3) is 10.8. The van der Waals surface area contributed by atoms with Crippen LogP contribution in [0.1, 0.15) is 54.2 Å². The zero-order valence-corrected chi connectivity index (χ0v) is 25.4. The number of ether oxygens (including phenoxy) is 1. The zero-order chi connectivity index (χ0) is 27.2. The van der Waals surface area contributed by atoms with Gasteiger partial charge in [-0.25, -0.2) is 18.4 Å². The first-order chi connectivity index (χ1) is 16.4. The van der Waals surface area contributed by atoms with E-state index < -0.39 is 20.7 Å². The molecule has 1 heterocycles. The minimum atomic E-state index is -3.36. The van der Waals surface area contributed by atoms with Gasteiger partial charge in [-0.1, -0.05) is 26.0 Å². The van der Waals surface area contributed by atoms with Gasteiger partial charge < -0.3 is 4.74 Å². The summed E-state index contributed by atoms with van der Waals surface area (Å²) in [6, 6.07) is 6.44. The molecule has 194 valence electrons. The van der Waals surface area contributed by atoms with Crippen molar-refractivity contribution in [2.75, 3.05) is 19.3 Å². The fourth-order valence-corrected chi connectivity index (χ4v) is 3.86. The van der Waals surface area contributed by atoms with Gasteiger partial charge in [0, 0.05) is 41.0 Å². The quantitative estimate of drug-likeness (QED) is 0.173. The number of aromatic nitrogens is 2. The number of anilines is 1. The van der Waals surface area contributed by atoms with Crippen LogP contribution in [0.3, 0.4) is 0 Å². The Morgan fingerprint density at radius 2 is 1.69 bits per heavy atom. The summed E-state index contributed by atoms with van der Waals surface area (Å²) in [6.45, 7) is 12.7. The first kappa shape index (κ1) is 33.3. The summed E-state index contributed by atoms with van der Waals surface area (Å²) in [5.74, 6) is 3.06. The molecular weight excluding hydrogens is 601 g/mol. The largest absolute Gasteiger partial charge is 0.388 e. The molecule has 0 aliphatic heterocycles. The second-order valence-electron chi connectivity index (χ2n) is 7.89. The van der Waals surface area contributed by atoms with Gasteiger partial charge in [0.2, 0.25) is 6.41 Å². The molecule has 0 spiro atoms. The molecule has 0 saturated carbocycles. The number of nitrogens with zero attached hydrogens (tertiary/aromatic N) is 3. The van der Waals surface area contributed by atoms with Gasteiger partial charge in [-0.3, -0.25) is 9.63 Å². The molecule has 2 aromatic rings. The normalized spacial score (nSPS) is 10.7. The molecule has 0 atom stereocenters. The number of sulfone groups is 1. The molecule has 11 heteroatoms. The Kier molecular flexibility index (Phi) is 15.3. The highest BCUT2D eigenvalue weighted by Crippen LogP contribution is 2.25. The van der Waals surface area contributed by atoms with Gasteiger partial charge in [-0.2, -0.15) is 5.06 Å². The molecule has 0 N–H and O–H groups in total. The molecule has 1 aromatic heterocycles. The highest BCUT2D eigenvalue weighted by molar-refractivity contribution is 14.2. The summed E-state index contributed by atoms with van der Waals surface area (Å²) in [4.78, 5) is 26.3. The summed E-state index contributed by atoms with van der Waals surface area (Å²) in [6.07, 6.45) is 2.01.